The van der Waals surface area contributed by atoms with Crippen LogP contribution in [-0.4, -0.2) is 9.55 Å². The van der Waals surface area contributed by atoms with Crippen molar-refractivity contribution in [2.45, 2.75) is 11.8 Å². The van der Waals surface area contributed by atoms with Gasteiger partial charge in [-0.15, -0.1) is 12.6 Å². The molecule has 0 saturated carbocycles. The lowest BCUT2D eigenvalue weighted by Gasteiger charge is -2.11. The van der Waals surface area contributed by atoms with E-state index in [1.807, 2.05) is 0 Å². The highest BCUT2D eigenvalue weighted by atomic mass is 32.1. The fourth-order valence-corrected chi connectivity index (χ4v) is 2.38. The number of nitrogens with zero attached hydrogens (tertiary/aromatic N) is 2. The minimum atomic E-state index is -0.844. The summed E-state index contributed by atoms with van der Waals surface area (Å²) in [7, 11) is 0. The summed E-state index contributed by atoms with van der Waals surface area (Å²) < 4.78 is 28.4. The van der Waals surface area contributed by atoms with Gasteiger partial charge in [-0.05, 0) is 37.3 Å². The van der Waals surface area contributed by atoms with E-state index >= 15 is 0 Å². The third-order valence-corrected chi connectivity index (χ3v) is 3.46. The maximum atomic E-state index is 13.7. The Morgan fingerprint density at radius 1 is 1.14 bits per heavy atom. The lowest BCUT2D eigenvalue weighted by Crippen LogP contribution is -2.22. The van der Waals surface area contributed by atoms with Gasteiger partial charge in [0.15, 0.2) is 5.82 Å². The van der Waals surface area contributed by atoms with Crippen LogP contribution in [0.25, 0.3) is 16.6 Å². The topological polar surface area (TPSA) is 34.9 Å². The van der Waals surface area contributed by atoms with Crippen molar-refractivity contribution in [2.75, 3.05) is 0 Å². The first kappa shape index (κ1) is 13.8. The molecule has 1 heterocycles. The quantitative estimate of drug-likeness (QED) is 0.700. The molecule has 0 atom stereocenters. The monoisotopic (exact) mass is 304 g/mol. The molecule has 0 amide bonds. The summed E-state index contributed by atoms with van der Waals surface area (Å²) in [5.41, 5.74) is -0.0712. The number of halogens is 2. The number of aromatic nitrogens is 2. The maximum Gasteiger partial charge on any atom is 0.266 e. The Morgan fingerprint density at radius 2 is 1.81 bits per heavy atom. The zero-order valence-electron chi connectivity index (χ0n) is 11.0. The fourth-order valence-electron chi connectivity index (χ4n) is 2.23. The first-order valence-electron chi connectivity index (χ1n) is 6.15. The molecule has 3 aromatic rings. The van der Waals surface area contributed by atoms with Gasteiger partial charge in [0.2, 0.25) is 0 Å². The minimum Gasteiger partial charge on any atom is -0.268 e. The van der Waals surface area contributed by atoms with Crippen LogP contribution in [0.15, 0.2) is 46.1 Å². The van der Waals surface area contributed by atoms with Crippen molar-refractivity contribution in [1.82, 2.24) is 9.55 Å². The van der Waals surface area contributed by atoms with Gasteiger partial charge >= 0.3 is 0 Å². The molecule has 0 spiro atoms. The summed E-state index contributed by atoms with van der Waals surface area (Å²) >= 11 is 4.18. The largest absolute Gasteiger partial charge is 0.268 e. The molecule has 0 aliphatic heterocycles. The van der Waals surface area contributed by atoms with Crippen LogP contribution in [0, 0.1) is 18.6 Å². The number of fused-ring (bicyclic) bond motifs is 1. The van der Waals surface area contributed by atoms with Crippen LogP contribution in [0.5, 0.6) is 0 Å². The van der Waals surface area contributed by atoms with E-state index in [1.165, 1.54) is 4.57 Å². The van der Waals surface area contributed by atoms with Gasteiger partial charge in [-0.1, -0.05) is 0 Å². The number of hydrogen-bond acceptors (Lipinski definition) is 3. The van der Waals surface area contributed by atoms with Gasteiger partial charge in [0.1, 0.15) is 17.2 Å². The SMILES string of the molecule is Cc1nc2c(F)cc(F)cc2c(=O)n1-c1ccc(S)cc1. The molecule has 0 bridgehead atoms. The third-order valence-electron chi connectivity index (χ3n) is 3.17. The second kappa shape index (κ2) is 4.96. The van der Waals surface area contributed by atoms with Crippen LogP contribution in [0.2, 0.25) is 0 Å². The van der Waals surface area contributed by atoms with Gasteiger partial charge in [0, 0.05) is 11.0 Å². The van der Waals surface area contributed by atoms with Crippen molar-refractivity contribution in [2.24, 2.45) is 0 Å². The van der Waals surface area contributed by atoms with Crippen LogP contribution >= 0.6 is 12.6 Å². The number of benzene rings is 2. The lowest BCUT2D eigenvalue weighted by atomic mass is 10.2. The number of rotatable bonds is 1. The summed E-state index contributed by atoms with van der Waals surface area (Å²) in [6.07, 6.45) is 0. The Bertz CT molecular complexity index is 904. The Hall–Kier alpha value is -2.21. The zero-order chi connectivity index (χ0) is 15.1. The molecule has 0 radical (unpaired) electrons. The standard InChI is InChI=1S/C15H10F2N2OS/c1-8-18-14-12(6-9(16)7-13(14)17)15(20)19(8)10-2-4-11(21)5-3-10/h2-7,21H,1H3. The van der Waals surface area contributed by atoms with Crippen LogP contribution in [0.4, 0.5) is 8.78 Å². The maximum absolute atomic E-state index is 13.7. The molecule has 21 heavy (non-hydrogen) atoms. The molecular weight excluding hydrogens is 294 g/mol. The molecule has 6 heteroatoms. The van der Waals surface area contributed by atoms with Crippen molar-refractivity contribution in [3.8, 4) is 5.69 Å². The van der Waals surface area contributed by atoms with Crippen LogP contribution in [0.3, 0.4) is 0 Å². The van der Waals surface area contributed by atoms with E-state index in [-0.39, 0.29) is 10.9 Å². The number of hydrogen-bond donors (Lipinski definition) is 1. The summed E-state index contributed by atoms with van der Waals surface area (Å²) in [6, 6.07) is 8.55. The molecule has 3 nitrogen and oxygen atoms in total. The van der Waals surface area contributed by atoms with Gasteiger partial charge in [0.05, 0.1) is 11.1 Å². The lowest BCUT2D eigenvalue weighted by molar-refractivity contribution is 0.589. The van der Waals surface area contributed by atoms with Crippen LogP contribution < -0.4 is 5.56 Å². The molecule has 2 aromatic carbocycles. The van der Waals surface area contributed by atoms with E-state index in [9.17, 15) is 13.6 Å². The van der Waals surface area contributed by atoms with Gasteiger partial charge in [-0.3, -0.25) is 9.36 Å². The van der Waals surface area contributed by atoms with E-state index in [0.717, 1.165) is 11.0 Å². The average molecular weight is 304 g/mol. The Morgan fingerprint density at radius 3 is 2.48 bits per heavy atom. The predicted octanol–water partition coefficient (Wildman–Crippen LogP) is 3.26. The minimum absolute atomic E-state index is 0.0898. The Balaban J connectivity index is 2.39. The van der Waals surface area contributed by atoms with Crippen LogP contribution in [0.1, 0.15) is 5.82 Å². The number of aryl methyl sites for hydroxylation is 1. The molecule has 0 aliphatic rings. The van der Waals surface area contributed by atoms with E-state index in [1.54, 1.807) is 31.2 Å². The van der Waals surface area contributed by atoms with Crippen molar-refractivity contribution < 1.29 is 8.78 Å². The van der Waals surface area contributed by atoms with Crippen LogP contribution in [-0.2, 0) is 0 Å². The fraction of sp³-hybridized carbons (Fsp3) is 0.0667. The van der Waals surface area contributed by atoms with Crippen molar-refractivity contribution in [1.29, 1.82) is 0 Å². The highest BCUT2D eigenvalue weighted by Gasteiger charge is 2.14. The molecule has 0 aliphatic carbocycles. The first-order valence-corrected chi connectivity index (χ1v) is 6.60. The second-order valence-corrected chi connectivity index (χ2v) is 5.12. The molecule has 0 N–H and O–H groups in total. The van der Waals surface area contributed by atoms with E-state index < -0.39 is 17.2 Å². The van der Waals surface area contributed by atoms with Crippen molar-refractivity contribution >= 4 is 23.5 Å². The molecular formula is C15H10F2N2OS. The summed E-state index contributed by atoms with van der Waals surface area (Å²) in [4.78, 5) is 17.3. The van der Waals surface area contributed by atoms with Gasteiger partial charge < -0.3 is 0 Å². The smallest absolute Gasteiger partial charge is 0.266 e. The van der Waals surface area contributed by atoms with E-state index in [2.05, 4.69) is 17.6 Å². The highest BCUT2D eigenvalue weighted by Crippen LogP contribution is 2.18. The number of thiol groups is 1. The Labute approximate surface area is 124 Å². The normalized spacial score (nSPS) is 11.0. The van der Waals surface area contributed by atoms with Gasteiger partial charge in [-0.2, -0.15) is 0 Å². The summed E-state index contributed by atoms with van der Waals surface area (Å²) in [5, 5.41) is -0.0898. The first-order chi connectivity index (χ1) is 9.97. The van der Waals surface area contributed by atoms with Gasteiger partial charge in [0.25, 0.3) is 5.56 Å². The predicted molar refractivity (Wildman–Crippen MR) is 79.2 cm³/mol. The molecule has 106 valence electrons. The molecule has 0 saturated heterocycles. The molecule has 0 fully saturated rings. The van der Waals surface area contributed by atoms with Crippen molar-refractivity contribution in [3.63, 3.8) is 0 Å². The second-order valence-electron chi connectivity index (χ2n) is 4.60. The molecule has 3 rings (SSSR count). The summed E-state index contributed by atoms with van der Waals surface area (Å²) in [6.45, 7) is 1.60. The molecule has 1 aromatic heterocycles. The van der Waals surface area contributed by atoms with Gasteiger partial charge in [-0.25, -0.2) is 13.8 Å². The third kappa shape index (κ3) is 2.31. The Kier molecular flexibility index (Phi) is 3.25. The van der Waals surface area contributed by atoms with Crippen molar-refractivity contribution in [3.05, 3.63) is 64.2 Å². The van der Waals surface area contributed by atoms with E-state index in [0.29, 0.717) is 17.6 Å². The van der Waals surface area contributed by atoms with E-state index in [4.69, 9.17) is 0 Å². The summed E-state index contributed by atoms with van der Waals surface area (Å²) in [5.74, 6) is -1.33. The highest BCUT2D eigenvalue weighted by molar-refractivity contribution is 7.80. The average Bonchev–Trinajstić information content (AvgIpc) is 2.42. The molecule has 0 unspecified atom stereocenters. The zero-order valence-corrected chi connectivity index (χ0v) is 11.9.